The normalized spacial score (nSPS) is 23.3. The maximum Gasteiger partial charge on any atom is 0.459 e. The van der Waals surface area contributed by atoms with Gasteiger partial charge in [0.25, 0.3) is 0 Å². The molecule has 5 atom stereocenters. The van der Waals surface area contributed by atoms with E-state index in [-0.39, 0.29) is 24.6 Å². The van der Waals surface area contributed by atoms with Gasteiger partial charge in [-0.1, -0.05) is 18.2 Å². The molecule has 2 heterocycles. The summed E-state index contributed by atoms with van der Waals surface area (Å²) < 4.78 is 35.8. The van der Waals surface area contributed by atoms with Gasteiger partial charge in [0.05, 0.1) is 19.8 Å². The highest BCUT2D eigenvalue weighted by Gasteiger charge is 2.39. The summed E-state index contributed by atoms with van der Waals surface area (Å²) in [5.41, 5.74) is 4.81. The number of carbonyl (C=O) groups excluding carboxylic acids is 1. The van der Waals surface area contributed by atoms with Crippen molar-refractivity contribution in [1.82, 2.24) is 14.6 Å². The molecule has 13 heteroatoms. The van der Waals surface area contributed by atoms with Crippen LogP contribution in [0.3, 0.4) is 0 Å². The van der Waals surface area contributed by atoms with Crippen LogP contribution in [0.5, 0.6) is 5.75 Å². The lowest BCUT2D eigenvalue weighted by Gasteiger charge is -2.23. The van der Waals surface area contributed by atoms with Gasteiger partial charge in [0.2, 0.25) is 0 Å². The number of nitrogens with zero attached hydrogens (tertiary/aromatic N) is 2. The number of aliphatic hydroxyl groups excluding tert-OH is 1. The molecule has 3 rings (SSSR count). The third kappa shape index (κ3) is 5.93. The van der Waals surface area contributed by atoms with Gasteiger partial charge < -0.3 is 24.8 Å². The number of aromatic nitrogens is 2. The maximum atomic E-state index is 13.3. The molecule has 0 amide bonds. The summed E-state index contributed by atoms with van der Waals surface area (Å²) in [5, 5.41) is 12.9. The van der Waals surface area contributed by atoms with Crippen molar-refractivity contribution < 1.29 is 33.0 Å². The van der Waals surface area contributed by atoms with Crippen molar-refractivity contribution in [3.05, 3.63) is 53.1 Å². The number of nitrogen functional groups attached to an aromatic ring is 1. The van der Waals surface area contributed by atoms with Crippen molar-refractivity contribution in [1.29, 1.82) is 0 Å². The molecule has 1 fully saturated rings. The fourth-order valence-corrected chi connectivity index (χ4v) is 4.59. The standard InChI is InChI=1S/C19H25N4O8P/c1-12(18(25)28-2)22-32(27,31-13-6-4-3-5-7-13)29-11-14-10-15(24)17(30-14)23-9-8-16(20)21-19(23)26/h3-9,12,14-15,17,24H,10-11H2,1-2H3,(H,22,27)(H2,20,21,26)/t12-,14-,15+,17+,32?/m0/s1. The lowest BCUT2D eigenvalue weighted by molar-refractivity contribution is -0.142. The molecule has 0 bridgehead atoms. The van der Waals surface area contributed by atoms with Crippen molar-refractivity contribution in [2.75, 3.05) is 19.5 Å². The Labute approximate surface area is 183 Å². The summed E-state index contributed by atoms with van der Waals surface area (Å²) in [4.78, 5) is 27.4. The molecule has 1 aromatic carbocycles. The number of hydrogen-bond acceptors (Lipinski definition) is 10. The van der Waals surface area contributed by atoms with Gasteiger partial charge in [-0.2, -0.15) is 10.1 Å². The third-order valence-corrected chi connectivity index (χ3v) is 6.24. The molecular weight excluding hydrogens is 443 g/mol. The second kappa shape index (κ2) is 10.2. The van der Waals surface area contributed by atoms with E-state index < -0.39 is 43.9 Å². The first-order valence-electron chi connectivity index (χ1n) is 9.74. The zero-order chi connectivity index (χ0) is 23.3. The maximum absolute atomic E-state index is 13.3. The third-order valence-electron chi connectivity index (χ3n) is 4.60. The van der Waals surface area contributed by atoms with E-state index in [0.29, 0.717) is 0 Å². The van der Waals surface area contributed by atoms with Gasteiger partial charge in [-0.05, 0) is 25.1 Å². The van der Waals surface area contributed by atoms with Crippen LogP contribution >= 0.6 is 7.75 Å². The first-order valence-corrected chi connectivity index (χ1v) is 11.3. The Morgan fingerprint density at radius 1 is 1.41 bits per heavy atom. The van der Waals surface area contributed by atoms with Crippen LogP contribution in [0.1, 0.15) is 19.6 Å². The zero-order valence-electron chi connectivity index (χ0n) is 17.5. The molecule has 1 unspecified atom stereocenters. The second-order valence-corrected chi connectivity index (χ2v) is 8.76. The number of benzene rings is 1. The molecule has 1 aromatic heterocycles. The van der Waals surface area contributed by atoms with Crippen LogP contribution in [-0.2, 0) is 23.4 Å². The minimum absolute atomic E-state index is 0.0448. The number of ether oxygens (including phenoxy) is 2. The predicted octanol–water partition coefficient (Wildman–Crippen LogP) is 0.829. The fraction of sp³-hybridized carbons (Fsp3) is 0.421. The van der Waals surface area contributed by atoms with Crippen LogP contribution in [0.4, 0.5) is 5.82 Å². The minimum atomic E-state index is -4.05. The molecule has 1 aliphatic rings. The van der Waals surface area contributed by atoms with Crippen LogP contribution in [-0.4, -0.2) is 52.6 Å². The number of carbonyl (C=O) groups is 1. The van der Waals surface area contributed by atoms with Crippen molar-refractivity contribution in [2.24, 2.45) is 0 Å². The number of aliphatic hydroxyl groups is 1. The number of esters is 1. The van der Waals surface area contributed by atoms with Crippen LogP contribution in [0, 0.1) is 0 Å². The molecule has 0 aliphatic carbocycles. The molecule has 0 radical (unpaired) electrons. The Hall–Kier alpha value is -2.76. The topological polar surface area (TPSA) is 164 Å². The summed E-state index contributed by atoms with van der Waals surface area (Å²) in [7, 11) is -2.85. The molecule has 2 aromatic rings. The van der Waals surface area contributed by atoms with Gasteiger partial charge in [-0.25, -0.2) is 9.36 Å². The molecule has 4 N–H and O–H groups in total. The van der Waals surface area contributed by atoms with E-state index >= 15 is 0 Å². The Kier molecular flexibility index (Phi) is 7.64. The van der Waals surface area contributed by atoms with Crippen LogP contribution < -0.4 is 21.0 Å². The van der Waals surface area contributed by atoms with Gasteiger partial charge in [0, 0.05) is 12.6 Å². The smallest absolute Gasteiger partial charge is 0.459 e. The second-order valence-electron chi connectivity index (χ2n) is 7.07. The van der Waals surface area contributed by atoms with Crippen LogP contribution in [0.15, 0.2) is 47.4 Å². The molecule has 0 saturated carbocycles. The van der Waals surface area contributed by atoms with E-state index in [2.05, 4.69) is 14.8 Å². The molecule has 0 spiro atoms. The van der Waals surface area contributed by atoms with Crippen molar-refractivity contribution in [2.45, 2.75) is 37.8 Å². The summed E-state index contributed by atoms with van der Waals surface area (Å²) in [6.45, 7) is 1.19. The van der Waals surface area contributed by atoms with Crippen molar-refractivity contribution in [3.63, 3.8) is 0 Å². The number of methoxy groups -OCH3 is 1. The van der Waals surface area contributed by atoms with E-state index in [0.717, 1.165) is 4.57 Å². The number of anilines is 1. The SMILES string of the molecule is COC(=O)[C@H](C)NP(=O)(OC[C@@H]1C[C@@H](O)[C@H](n2ccc(N)nc2=O)O1)Oc1ccccc1. The van der Waals surface area contributed by atoms with E-state index in [4.69, 9.17) is 19.5 Å². The van der Waals surface area contributed by atoms with E-state index in [1.165, 1.54) is 26.3 Å². The molecule has 12 nitrogen and oxygen atoms in total. The number of hydrogen-bond donors (Lipinski definition) is 3. The lowest BCUT2D eigenvalue weighted by Crippen LogP contribution is -2.35. The molecular formula is C19H25N4O8P. The van der Waals surface area contributed by atoms with Crippen LogP contribution in [0.2, 0.25) is 0 Å². The van der Waals surface area contributed by atoms with Gasteiger partial charge in [-0.15, -0.1) is 0 Å². The van der Waals surface area contributed by atoms with Crippen molar-refractivity contribution >= 4 is 19.5 Å². The van der Waals surface area contributed by atoms with E-state index in [1.54, 1.807) is 30.3 Å². The fourth-order valence-electron chi connectivity index (χ4n) is 3.07. The molecule has 1 saturated heterocycles. The van der Waals surface area contributed by atoms with Gasteiger partial charge in [0.15, 0.2) is 6.23 Å². The zero-order valence-corrected chi connectivity index (χ0v) is 18.4. The summed E-state index contributed by atoms with van der Waals surface area (Å²) in [6, 6.07) is 8.69. The molecule has 174 valence electrons. The predicted molar refractivity (Wildman–Crippen MR) is 113 cm³/mol. The van der Waals surface area contributed by atoms with Crippen molar-refractivity contribution in [3.8, 4) is 5.75 Å². The molecule has 32 heavy (non-hydrogen) atoms. The van der Waals surface area contributed by atoms with E-state index in [9.17, 15) is 19.3 Å². The highest BCUT2D eigenvalue weighted by Crippen LogP contribution is 2.45. The van der Waals surface area contributed by atoms with Gasteiger partial charge in [0.1, 0.15) is 23.7 Å². The Morgan fingerprint density at radius 2 is 2.12 bits per heavy atom. The Balaban J connectivity index is 1.70. The number of rotatable bonds is 9. The highest BCUT2D eigenvalue weighted by molar-refractivity contribution is 7.52. The first kappa shape index (κ1) is 23.9. The summed E-state index contributed by atoms with van der Waals surface area (Å²) >= 11 is 0. The summed E-state index contributed by atoms with van der Waals surface area (Å²) in [6.07, 6.45) is -1.31. The average molecular weight is 468 g/mol. The Morgan fingerprint density at radius 3 is 2.78 bits per heavy atom. The van der Waals surface area contributed by atoms with E-state index in [1.807, 2.05) is 0 Å². The first-order chi connectivity index (χ1) is 15.2. The number of nitrogens with two attached hydrogens (primary N) is 1. The monoisotopic (exact) mass is 468 g/mol. The minimum Gasteiger partial charge on any atom is -0.468 e. The average Bonchev–Trinajstić information content (AvgIpc) is 3.12. The summed E-state index contributed by atoms with van der Waals surface area (Å²) in [5.74, 6) is -0.359. The number of nitrogens with one attached hydrogen (secondary N) is 1. The largest absolute Gasteiger partial charge is 0.468 e. The Bertz CT molecular complexity index is 1030. The van der Waals surface area contributed by atoms with Crippen LogP contribution in [0.25, 0.3) is 0 Å². The number of para-hydroxylation sites is 1. The quantitative estimate of drug-likeness (QED) is 0.353. The highest BCUT2D eigenvalue weighted by atomic mass is 31.2. The van der Waals surface area contributed by atoms with Gasteiger partial charge in [-0.3, -0.25) is 13.9 Å². The molecule has 1 aliphatic heterocycles. The van der Waals surface area contributed by atoms with Gasteiger partial charge >= 0.3 is 19.4 Å². The lowest BCUT2D eigenvalue weighted by atomic mass is 10.2.